The van der Waals surface area contributed by atoms with Gasteiger partial charge >= 0.3 is 5.97 Å². The van der Waals surface area contributed by atoms with Crippen molar-refractivity contribution < 1.29 is 14.6 Å². The van der Waals surface area contributed by atoms with Crippen LogP contribution < -0.4 is 0 Å². The van der Waals surface area contributed by atoms with E-state index in [1.54, 1.807) is 13.0 Å². The molecule has 78 valence electrons. The van der Waals surface area contributed by atoms with Gasteiger partial charge in [0, 0.05) is 5.92 Å². The summed E-state index contributed by atoms with van der Waals surface area (Å²) >= 11 is 0. The molecule has 0 radical (unpaired) electrons. The molecule has 0 heterocycles. The summed E-state index contributed by atoms with van der Waals surface area (Å²) in [6.45, 7) is 5.89. The summed E-state index contributed by atoms with van der Waals surface area (Å²) in [5, 5.41) is 17.4. The van der Waals surface area contributed by atoms with Gasteiger partial charge in [0.25, 0.3) is 0 Å². The molecule has 1 N–H and O–H groups in total. The van der Waals surface area contributed by atoms with Gasteiger partial charge in [-0.1, -0.05) is 13.8 Å². The topological polar surface area (TPSA) is 70.3 Å². The van der Waals surface area contributed by atoms with Crippen LogP contribution >= 0.6 is 0 Å². The highest BCUT2D eigenvalue weighted by atomic mass is 16.5. The van der Waals surface area contributed by atoms with Crippen molar-refractivity contribution in [2.75, 3.05) is 6.61 Å². The van der Waals surface area contributed by atoms with Gasteiger partial charge < -0.3 is 9.84 Å². The van der Waals surface area contributed by atoms with Crippen molar-refractivity contribution in [2.24, 2.45) is 5.92 Å². The highest BCUT2D eigenvalue weighted by molar-refractivity contribution is 5.91. The van der Waals surface area contributed by atoms with E-state index in [4.69, 9.17) is 15.1 Å². The lowest BCUT2D eigenvalue weighted by molar-refractivity contribution is -0.132. The van der Waals surface area contributed by atoms with Crippen molar-refractivity contribution in [3.63, 3.8) is 0 Å². The smallest absolute Gasteiger partial charge is 0.349 e. The maximum Gasteiger partial charge on any atom is 0.349 e. The molecule has 0 bridgehead atoms. The third-order valence-corrected chi connectivity index (χ3v) is 1.93. The van der Waals surface area contributed by atoms with Gasteiger partial charge in [0.2, 0.25) is 0 Å². The fraction of sp³-hybridized carbons (Fsp3) is 0.600. The van der Waals surface area contributed by atoms with Crippen LogP contribution in [0.4, 0.5) is 0 Å². The van der Waals surface area contributed by atoms with Crippen LogP contribution in [0.2, 0.25) is 0 Å². The monoisotopic (exact) mass is 197 g/mol. The first-order chi connectivity index (χ1) is 6.58. The minimum atomic E-state index is -1.23. The lowest BCUT2D eigenvalue weighted by atomic mass is 10.0. The molecular formula is C10H15NO3. The lowest BCUT2D eigenvalue weighted by Gasteiger charge is -2.15. The fourth-order valence-corrected chi connectivity index (χ4v) is 1.01. The van der Waals surface area contributed by atoms with Crippen LogP contribution in [0.5, 0.6) is 0 Å². The average molecular weight is 197 g/mol. The van der Waals surface area contributed by atoms with E-state index in [-0.39, 0.29) is 17.3 Å². The maximum absolute atomic E-state index is 10.7. The third-order valence-electron chi connectivity index (χ3n) is 1.93. The predicted molar refractivity (Wildman–Crippen MR) is 51.4 cm³/mol. The molecule has 14 heavy (non-hydrogen) atoms. The van der Waals surface area contributed by atoms with Gasteiger partial charge in [0.05, 0.1) is 6.61 Å². The SMILES string of the molecule is CCOC(=C(C#N)C(=O)O)C(C)CC. The van der Waals surface area contributed by atoms with Gasteiger partial charge in [-0.3, -0.25) is 0 Å². The number of nitrogens with zero attached hydrogens (tertiary/aromatic N) is 1. The van der Waals surface area contributed by atoms with Crippen molar-refractivity contribution in [3.05, 3.63) is 11.3 Å². The molecule has 0 rings (SSSR count). The molecule has 0 aliphatic heterocycles. The quantitative estimate of drug-likeness (QED) is 0.415. The fourth-order valence-electron chi connectivity index (χ4n) is 1.01. The first-order valence-corrected chi connectivity index (χ1v) is 4.58. The minimum Gasteiger partial charge on any atom is -0.496 e. The van der Waals surface area contributed by atoms with Crippen LogP contribution in [0.3, 0.4) is 0 Å². The number of hydrogen-bond acceptors (Lipinski definition) is 3. The van der Waals surface area contributed by atoms with E-state index in [2.05, 4.69) is 0 Å². The van der Waals surface area contributed by atoms with Gasteiger partial charge in [-0.25, -0.2) is 4.79 Å². The molecule has 0 amide bonds. The molecule has 0 aromatic carbocycles. The molecule has 0 aromatic rings. The number of aliphatic carboxylic acids is 1. The standard InChI is InChI=1S/C10H15NO3/c1-4-7(3)9(14-5-2)8(6-11)10(12)13/h7H,4-5H2,1-3H3,(H,12,13). The number of carboxylic acid groups (broad SMARTS) is 1. The Bertz CT molecular complexity index is 276. The Kier molecular flexibility index (Phi) is 5.38. The molecule has 0 saturated heterocycles. The second-order valence-electron chi connectivity index (χ2n) is 2.90. The molecule has 0 saturated carbocycles. The maximum atomic E-state index is 10.7. The summed E-state index contributed by atoms with van der Waals surface area (Å²) in [5.41, 5.74) is -0.291. The van der Waals surface area contributed by atoms with E-state index in [1.165, 1.54) is 0 Å². The zero-order valence-electron chi connectivity index (χ0n) is 8.70. The molecule has 0 aliphatic rings. The predicted octanol–water partition coefficient (Wildman–Crippen LogP) is 1.93. The summed E-state index contributed by atoms with van der Waals surface area (Å²) in [6, 6.07) is 1.66. The van der Waals surface area contributed by atoms with E-state index < -0.39 is 5.97 Å². The van der Waals surface area contributed by atoms with Crippen molar-refractivity contribution in [3.8, 4) is 6.07 Å². The highest BCUT2D eigenvalue weighted by Crippen LogP contribution is 2.19. The largest absolute Gasteiger partial charge is 0.496 e. The minimum absolute atomic E-state index is 0.0410. The molecule has 1 atom stereocenters. The molecule has 0 aliphatic carbocycles. The van der Waals surface area contributed by atoms with Crippen LogP contribution in [0.15, 0.2) is 11.3 Å². The van der Waals surface area contributed by atoms with Crippen molar-refractivity contribution in [1.82, 2.24) is 0 Å². The van der Waals surface area contributed by atoms with Crippen LogP contribution in [0.1, 0.15) is 27.2 Å². The number of ether oxygens (including phenoxy) is 1. The van der Waals surface area contributed by atoms with Crippen LogP contribution in [-0.4, -0.2) is 17.7 Å². The number of nitriles is 1. The van der Waals surface area contributed by atoms with Gasteiger partial charge in [0.1, 0.15) is 11.8 Å². The highest BCUT2D eigenvalue weighted by Gasteiger charge is 2.19. The number of rotatable bonds is 5. The summed E-state index contributed by atoms with van der Waals surface area (Å²) in [6.07, 6.45) is 0.744. The molecule has 0 spiro atoms. The van der Waals surface area contributed by atoms with Crippen LogP contribution in [0.25, 0.3) is 0 Å². The van der Waals surface area contributed by atoms with E-state index in [9.17, 15) is 4.79 Å². The molecular weight excluding hydrogens is 182 g/mol. The molecule has 1 unspecified atom stereocenters. The summed E-state index contributed by atoms with van der Waals surface area (Å²) in [4.78, 5) is 10.7. The molecule has 4 heteroatoms. The van der Waals surface area contributed by atoms with Gasteiger partial charge in [0.15, 0.2) is 5.57 Å². The van der Waals surface area contributed by atoms with Crippen LogP contribution in [0, 0.1) is 17.2 Å². The normalized spacial score (nSPS) is 13.9. The van der Waals surface area contributed by atoms with Crippen molar-refractivity contribution >= 4 is 5.97 Å². The van der Waals surface area contributed by atoms with Crippen molar-refractivity contribution in [2.45, 2.75) is 27.2 Å². The second kappa shape index (κ2) is 6.03. The molecule has 0 fully saturated rings. The number of hydrogen-bond donors (Lipinski definition) is 1. The third kappa shape index (κ3) is 3.09. The van der Waals surface area contributed by atoms with Gasteiger partial charge in [-0.15, -0.1) is 0 Å². The lowest BCUT2D eigenvalue weighted by Crippen LogP contribution is -2.11. The summed E-state index contributed by atoms with van der Waals surface area (Å²) in [7, 11) is 0. The Morgan fingerprint density at radius 2 is 2.14 bits per heavy atom. The van der Waals surface area contributed by atoms with E-state index >= 15 is 0 Å². The van der Waals surface area contributed by atoms with E-state index in [0.717, 1.165) is 6.42 Å². The number of allylic oxidation sites excluding steroid dienone is 1. The zero-order chi connectivity index (χ0) is 11.1. The average Bonchev–Trinajstić information content (AvgIpc) is 2.16. The Labute approximate surface area is 83.8 Å². The van der Waals surface area contributed by atoms with Gasteiger partial charge in [-0.2, -0.15) is 5.26 Å². The van der Waals surface area contributed by atoms with Gasteiger partial charge in [-0.05, 0) is 13.3 Å². The first kappa shape index (κ1) is 12.5. The molecule has 4 nitrogen and oxygen atoms in total. The summed E-state index contributed by atoms with van der Waals surface area (Å²) < 4.78 is 5.19. The summed E-state index contributed by atoms with van der Waals surface area (Å²) in [5.74, 6) is -0.984. The van der Waals surface area contributed by atoms with Crippen LogP contribution in [-0.2, 0) is 9.53 Å². The Hall–Kier alpha value is -1.50. The first-order valence-electron chi connectivity index (χ1n) is 4.58. The Morgan fingerprint density at radius 3 is 2.43 bits per heavy atom. The number of carbonyl (C=O) groups is 1. The Morgan fingerprint density at radius 1 is 1.57 bits per heavy atom. The Balaban J connectivity index is 5.11. The zero-order valence-corrected chi connectivity index (χ0v) is 8.70. The van der Waals surface area contributed by atoms with E-state index in [0.29, 0.717) is 6.61 Å². The van der Waals surface area contributed by atoms with E-state index in [1.807, 2.05) is 13.8 Å². The number of carboxylic acids is 1. The molecule has 0 aromatic heterocycles. The van der Waals surface area contributed by atoms with Crippen molar-refractivity contribution in [1.29, 1.82) is 5.26 Å². The second-order valence-corrected chi connectivity index (χ2v) is 2.90.